The number of fused-ring (bicyclic) bond motifs is 1. The summed E-state index contributed by atoms with van der Waals surface area (Å²) in [4.78, 5) is 15.1. The fourth-order valence-corrected chi connectivity index (χ4v) is 5.91. The summed E-state index contributed by atoms with van der Waals surface area (Å²) in [5.74, 6) is 0.625. The molecule has 2 aliphatic heterocycles. The van der Waals surface area contributed by atoms with E-state index in [1.165, 1.54) is 0 Å². The van der Waals surface area contributed by atoms with Gasteiger partial charge in [-0.2, -0.15) is 4.31 Å². The van der Waals surface area contributed by atoms with Crippen molar-refractivity contribution in [2.75, 3.05) is 18.4 Å². The molecule has 0 aliphatic carbocycles. The third-order valence-electron chi connectivity index (χ3n) is 6.08. The average Bonchev–Trinajstić information content (AvgIpc) is 3.43. The molecule has 1 amide bonds. The van der Waals surface area contributed by atoms with Crippen LogP contribution in [0.3, 0.4) is 0 Å². The van der Waals surface area contributed by atoms with Gasteiger partial charge in [-0.15, -0.1) is 0 Å². The van der Waals surface area contributed by atoms with Crippen LogP contribution in [0.4, 0.5) is 5.69 Å². The normalized spacial score (nSPS) is 19.2. The summed E-state index contributed by atoms with van der Waals surface area (Å²) in [6.07, 6.45) is 4.09. The van der Waals surface area contributed by atoms with Crippen molar-refractivity contribution in [3.63, 3.8) is 0 Å². The van der Waals surface area contributed by atoms with Crippen molar-refractivity contribution in [1.29, 1.82) is 0 Å². The van der Waals surface area contributed by atoms with Crippen molar-refractivity contribution in [3.05, 3.63) is 83.8 Å². The number of sulfonamides is 1. The predicted molar refractivity (Wildman–Crippen MR) is 120 cm³/mol. The maximum absolute atomic E-state index is 13.0. The van der Waals surface area contributed by atoms with E-state index in [2.05, 4.69) is 5.32 Å². The Morgan fingerprint density at radius 2 is 1.69 bits per heavy atom. The van der Waals surface area contributed by atoms with Crippen LogP contribution in [0.2, 0.25) is 0 Å². The highest BCUT2D eigenvalue weighted by molar-refractivity contribution is 7.89. The van der Waals surface area contributed by atoms with E-state index in [9.17, 15) is 13.2 Å². The van der Waals surface area contributed by atoms with E-state index in [0.29, 0.717) is 35.9 Å². The first-order chi connectivity index (χ1) is 15.5. The molecule has 0 saturated carbocycles. The zero-order valence-electron chi connectivity index (χ0n) is 17.6. The lowest BCUT2D eigenvalue weighted by Gasteiger charge is -2.27. The van der Waals surface area contributed by atoms with Gasteiger partial charge in [-0.3, -0.25) is 4.79 Å². The van der Waals surface area contributed by atoms with Crippen LogP contribution in [-0.4, -0.2) is 36.6 Å². The molecule has 166 valence electrons. The van der Waals surface area contributed by atoms with Gasteiger partial charge < -0.3 is 14.6 Å². The summed E-state index contributed by atoms with van der Waals surface area (Å²) >= 11 is 0. The molecule has 0 spiro atoms. The molecular weight excluding hydrogens is 426 g/mol. The molecule has 1 fully saturated rings. The van der Waals surface area contributed by atoms with Crippen molar-refractivity contribution in [2.45, 2.75) is 36.9 Å². The zero-order chi connectivity index (χ0) is 22.1. The minimum Gasteiger partial charge on any atom is -0.467 e. The number of furan rings is 1. The Bertz CT molecular complexity index is 1200. The van der Waals surface area contributed by atoms with Gasteiger partial charge >= 0.3 is 0 Å². The second-order valence-corrected chi connectivity index (χ2v) is 10.1. The van der Waals surface area contributed by atoms with Gasteiger partial charge in [0.1, 0.15) is 11.9 Å². The van der Waals surface area contributed by atoms with E-state index in [-0.39, 0.29) is 12.1 Å². The number of amides is 1. The Kier molecular flexibility index (Phi) is 5.48. The van der Waals surface area contributed by atoms with Gasteiger partial charge in [-0.1, -0.05) is 24.6 Å². The van der Waals surface area contributed by atoms with Gasteiger partial charge in [-0.25, -0.2) is 8.42 Å². The molecule has 1 N–H and O–H groups in total. The quantitative estimate of drug-likeness (QED) is 0.607. The lowest BCUT2D eigenvalue weighted by atomic mass is 10.1. The van der Waals surface area contributed by atoms with Crippen LogP contribution in [-0.2, 0) is 16.6 Å². The first-order valence-corrected chi connectivity index (χ1v) is 12.3. The second-order valence-electron chi connectivity index (χ2n) is 8.14. The number of benzene rings is 2. The molecule has 2 aliphatic rings. The Morgan fingerprint density at radius 1 is 0.938 bits per heavy atom. The Balaban J connectivity index is 1.39. The van der Waals surface area contributed by atoms with Crippen molar-refractivity contribution < 1.29 is 17.6 Å². The van der Waals surface area contributed by atoms with Crippen LogP contribution in [0.1, 0.15) is 47.1 Å². The fourth-order valence-electron chi connectivity index (χ4n) is 4.39. The van der Waals surface area contributed by atoms with Crippen molar-refractivity contribution in [2.24, 2.45) is 0 Å². The Morgan fingerprint density at radius 3 is 2.41 bits per heavy atom. The highest BCUT2D eigenvalue weighted by Crippen LogP contribution is 2.36. The van der Waals surface area contributed by atoms with Gasteiger partial charge in [0.05, 0.1) is 17.7 Å². The van der Waals surface area contributed by atoms with E-state index in [1.54, 1.807) is 45.8 Å². The molecule has 7 nitrogen and oxygen atoms in total. The third kappa shape index (κ3) is 3.80. The van der Waals surface area contributed by atoms with Crippen LogP contribution < -0.4 is 5.32 Å². The molecule has 0 bridgehead atoms. The molecule has 8 heteroatoms. The molecule has 2 aromatic carbocycles. The molecule has 0 radical (unpaired) electrons. The van der Waals surface area contributed by atoms with E-state index < -0.39 is 10.0 Å². The lowest BCUT2D eigenvalue weighted by Crippen LogP contribution is -2.35. The summed E-state index contributed by atoms with van der Waals surface area (Å²) < 4.78 is 32.9. The van der Waals surface area contributed by atoms with Gasteiger partial charge in [-0.05, 0) is 55.3 Å². The molecule has 1 atom stereocenters. The topological polar surface area (TPSA) is 82.9 Å². The van der Waals surface area contributed by atoms with E-state index >= 15 is 0 Å². The van der Waals surface area contributed by atoms with Crippen LogP contribution in [0.25, 0.3) is 0 Å². The Hall–Kier alpha value is -3.10. The van der Waals surface area contributed by atoms with Crippen molar-refractivity contribution in [3.8, 4) is 0 Å². The van der Waals surface area contributed by atoms with Gasteiger partial charge in [0.25, 0.3) is 5.91 Å². The monoisotopic (exact) mass is 451 g/mol. The number of piperidine rings is 1. The Labute approximate surface area is 187 Å². The van der Waals surface area contributed by atoms with Crippen LogP contribution in [0.15, 0.2) is 76.2 Å². The zero-order valence-corrected chi connectivity index (χ0v) is 18.4. The summed E-state index contributed by atoms with van der Waals surface area (Å²) in [6.45, 7) is 1.48. The largest absolute Gasteiger partial charge is 0.467 e. The van der Waals surface area contributed by atoms with Crippen LogP contribution in [0, 0.1) is 0 Å². The van der Waals surface area contributed by atoms with Gasteiger partial charge in [0.15, 0.2) is 0 Å². The molecular formula is C24H25N3O4S. The SMILES string of the molecule is O=C1c2ccccc2[C@@H](Nc2ccc(S(=O)(=O)N3CCCCC3)cc2)N1Cc1ccco1. The first kappa shape index (κ1) is 20.8. The smallest absolute Gasteiger partial charge is 0.256 e. The van der Waals surface area contributed by atoms with Gasteiger partial charge in [0, 0.05) is 29.9 Å². The molecule has 3 aromatic rings. The van der Waals surface area contributed by atoms with Crippen LogP contribution >= 0.6 is 0 Å². The highest BCUT2D eigenvalue weighted by Gasteiger charge is 2.37. The summed E-state index contributed by atoms with van der Waals surface area (Å²) in [5.41, 5.74) is 2.27. The van der Waals surface area contributed by atoms with E-state index in [1.807, 2.05) is 30.3 Å². The standard InChI is InChI=1S/C24H25N3O4S/c28-24-22-9-3-2-8-21(22)23(27(24)17-19-7-6-16-31-19)25-18-10-12-20(13-11-18)32(29,30)26-14-4-1-5-15-26/h2-3,6-13,16,23,25H,1,4-5,14-15,17H2/t23-/m0/s1. The minimum absolute atomic E-state index is 0.0706. The maximum atomic E-state index is 13.0. The fraction of sp³-hybridized carbons (Fsp3) is 0.292. The third-order valence-corrected chi connectivity index (χ3v) is 7.99. The number of carbonyl (C=O) groups is 1. The number of nitrogens with one attached hydrogen (secondary N) is 1. The number of rotatable bonds is 6. The van der Waals surface area contributed by atoms with Crippen molar-refractivity contribution in [1.82, 2.24) is 9.21 Å². The lowest BCUT2D eigenvalue weighted by molar-refractivity contribution is 0.0715. The minimum atomic E-state index is -3.48. The maximum Gasteiger partial charge on any atom is 0.256 e. The molecule has 1 aromatic heterocycles. The number of hydrogen-bond donors (Lipinski definition) is 1. The summed E-state index contributed by atoms with van der Waals surface area (Å²) in [6, 6.07) is 17.9. The van der Waals surface area contributed by atoms with Crippen molar-refractivity contribution >= 4 is 21.6 Å². The highest BCUT2D eigenvalue weighted by atomic mass is 32.2. The number of anilines is 1. The first-order valence-electron chi connectivity index (χ1n) is 10.8. The number of carbonyl (C=O) groups excluding carboxylic acids is 1. The molecule has 1 saturated heterocycles. The molecule has 0 unspecified atom stereocenters. The average molecular weight is 452 g/mol. The molecule has 32 heavy (non-hydrogen) atoms. The van der Waals surface area contributed by atoms with E-state index in [0.717, 1.165) is 30.5 Å². The predicted octanol–water partition coefficient (Wildman–Crippen LogP) is 4.22. The molecule has 3 heterocycles. The number of hydrogen-bond acceptors (Lipinski definition) is 5. The molecule has 5 rings (SSSR count). The van der Waals surface area contributed by atoms with Gasteiger partial charge in [0.2, 0.25) is 10.0 Å². The van der Waals surface area contributed by atoms with E-state index in [4.69, 9.17) is 4.42 Å². The van der Waals surface area contributed by atoms with Crippen LogP contribution in [0.5, 0.6) is 0 Å². The number of nitrogens with zero attached hydrogens (tertiary/aromatic N) is 2. The second kappa shape index (κ2) is 8.44. The summed E-state index contributed by atoms with van der Waals surface area (Å²) in [7, 11) is -3.48. The summed E-state index contributed by atoms with van der Waals surface area (Å²) in [5, 5.41) is 3.40.